The first-order valence-electron chi connectivity index (χ1n) is 10.8. The van der Waals surface area contributed by atoms with Gasteiger partial charge in [0, 0.05) is 0 Å². The van der Waals surface area contributed by atoms with Gasteiger partial charge in [0.2, 0.25) is 0 Å². The van der Waals surface area contributed by atoms with Crippen LogP contribution in [-0.4, -0.2) is 52.3 Å². The molecule has 2 aromatic carbocycles. The molecule has 162 valence electrons. The number of Topliss-reactive ketones (excluding diaryl/α,β-unsaturated/α-hetero) is 1. The van der Waals surface area contributed by atoms with Crippen molar-refractivity contribution in [1.82, 2.24) is 4.90 Å². The zero-order valence-corrected chi connectivity index (χ0v) is 21.6. The fourth-order valence-electron chi connectivity index (χ4n) is 4.80. The van der Waals surface area contributed by atoms with Crippen LogP contribution in [0.1, 0.15) is 41.1 Å². The van der Waals surface area contributed by atoms with E-state index in [4.69, 9.17) is 0 Å². The Kier molecular flexibility index (Phi) is 6.35. The first-order chi connectivity index (χ1) is 14.6. The number of carbonyl (C=O) groups is 1. The fraction of sp³-hybridized carbons (Fsp3) is 0.458. The van der Waals surface area contributed by atoms with E-state index in [-0.39, 0.29) is 11.6 Å². The quantitative estimate of drug-likeness (QED) is 0.286. The van der Waals surface area contributed by atoms with Crippen molar-refractivity contribution in [2.75, 3.05) is 42.6 Å². The van der Waals surface area contributed by atoms with Gasteiger partial charge in [0.05, 0.1) is 0 Å². The molecule has 0 radical (unpaired) electrons. The summed E-state index contributed by atoms with van der Waals surface area (Å²) in [6.45, 7) is 4.63. The fourth-order valence-corrected chi connectivity index (χ4v) is 27.6. The van der Waals surface area contributed by atoms with E-state index in [1.807, 2.05) is 3.57 Å². The molecule has 3 aliphatic heterocycles. The van der Waals surface area contributed by atoms with Gasteiger partial charge in [0.1, 0.15) is 0 Å². The second kappa shape index (κ2) is 9.02. The predicted octanol–water partition coefficient (Wildman–Crippen LogP) is 1.79. The van der Waals surface area contributed by atoms with Crippen molar-refractivity contribution in [2.24, 2.45) is 0 Å². The third-order valence-corrected chi connectivity index (χ3v) is 26.3. The van der Waals surface area contributed by atoms with Gasteiger partial charge < -0.3 is 0 Å². The van der Waals surface area contributed by atoms with Crippen LogP contribution >= 0.6 is 15.8 Å². The normalized spacial score (nSPS) is 24.6. The summed E-state index contributed by atoms with van der Waals surface area (Å²) in [6, 6.07) is 13.0. The molecule has 1 unspecified atom stereocenters. The Hall–Kier alpha value is -0.740. The minimum atomic E-state index is -0.904. The number of hydrogen-bond acceptors (Lipinski definition) is 3. The van der Waals surface area contributed by atoms with Crippen LogP contribution in [0.4, 0.5) is 10.1 Å². The van der Waals surface area contributed by atoms with Crippen LogP contribution in [-0.2, 0) is 0 Å². The van der Waals surface area contributed by atoms with Crippen molar-refractivity contribution in [2.45, 2.75) is 29.1 Å². The molecular formula is C24H28FI2N2O-. The van der Waals surface area contributed by atoms with E-state index < -0.39 is 15.8 Å². The Morgan fingerprint density at radius 2 is 2.03 bits per heavy atom. The van der Waals surface area contributed by atoms with Crippen molar-refractivity contribution in [3.8, 4) is 0 Å². The van der Waals surface area contributed by atoms with Gasteiger partial charge >= 0.3 is 189 Å². The molecule has 0 aliphatic carbocycles. The van der Waals surface area contributed by atoms with Gasteiger partial charge in [-0.1, -0.05) is 0 Å². The molecule has 0 saturated carbocycles. The number of alkyl halides is 2. The molecule has 0 bridgehead atoms. The number of ketones is 1. The standard InChI is InChI=1S/C24H28FI2N2O/c1-28-15-12-27-24-19(4-2-5-22(24)28)20-16-29(14-11-21(20)26-27)13-3-6-23(30)17-7-9-18(25)10-8-17/h2,4-5,7-10,20-21H,3,6,11-16H2,1H3/q-1/t20-,21?/m0/s1. The molecule has 2 aromatic rings. The monoisotopic (exact) mass is 633 g/mol. The first-order valence-corrected chi connectivity index (χ1v) is 20.9. The van der Waals surface area contributed by atoms with Crippen LogP contribution in [0.5, 0.6) is 0 Å². The molecule has 0 aromatic heterocycles. The zero-order valence-electron chi connectivity index (χ0n) is 17.3. The second-order valence-electron chi connectivity index (χ2n) is 8.42. The third-order valence-electron chi connectivity index (χ3n) is 6.47. The summed E-state index contributed by atoms with van der Waals surface area (Å²) < 4.78 is 17.4. The Morgan fingerprint density at radius 3 is 2.87 bits per heavy atom. The summed E-state index contributed by atoms with van der Waals surface area (Å²) in [5.74, 6) is 0.558. The number of halogens is 3. The number of hydrogen-bond donors (Lipinski definition) is 0. The molecule has 0 N–H and O–H groups in total. The number of piperidine rings is 1. The van der Waals surface area contributed by atoms with E-state index >= 15 is 0 Å². The van der Waals surface area contributed by atoms with Crippen molar-refractivity contribution in [3.63, 3.8) is 0 Å². The maximum absolute atomic E-state index is 13.1. The number of rotatable bonds is 5. The zero-order chi connectivity index (χ0) is 20.7. The Bertz CT molecular complexity index is 935. The number of likely N-dealkylation sites (tertiary alicyclic amines) is 1. The Labute approximate surface area is 192 Å². The van der Waals surface area contributed by atoms with Crippen molar-refractivity contribution in [3.05, 3.63) is 63.0 Å². The third kappa shape index (κ3) is 4.16. The topological polar surface area (TPSA) is 23.6 Å². The van der Waals surface area contributed by atoms with E-state index in [0.29, 0.717) is 35.1 Å². The number of benzene rings is 2. The van der Waals surface area contributed by atoms with Gasteiger partial charge in [-0.2, -0.15) is 0 Å². The van der Waals surface area contributed by atoms with Gasteiger partial charge in [0.25, 0.3) is 0 Å². The van der Waals surface area contributed by atoms with Gasteiger partial charge in [-0.05, 0) is 0 Å². The van der Waals surface area contributed by atoms with Crippen LogP contribution in [0.3, 0.4) is 0 Å². The van der Waals surface area contributed by atoms with Crippen LogP contribution < -0.4 is 22.1 Å². The van der Waals surface area contributed by atoms with E-state index in [9.17, 15) is 9.18 Å². The van der Waals surface area contributed by atoms with E-state index in [0.717, 1.165) is 16.9 Å². The summed E-state index contributed by atoms with van der Waals surface area (Å²) in [7, 11) is 2.26. The van der Waals surface area contributed by atoms with Gasteiger partial charge in [-0.15, -0.1) is 0 Å². The summed E-state index contributed by atoms with van der Waals surface area (Å²) >= 11 is -0.549. The summed E-state index contributed by atoms with van der Waals surface area (Å²) in [4.78, 5) is 17.5. The van der Waals surface area contributed by atoms with Crippen LogP contribution in [0.25, 0.3) is 0 Å². The second-order valence-corrected chi connectivity index (χ2v) is 24.2. The molecule has 0 spiro atoms. The predicted molar refractivity (Wildman–Crippen MR) is 125 cm³/mol. The van der Waals surface area contributed by atoms with Crippen molar-refractivity contribution >= 4 is 27.3 Å². The minimum absolute atomic E-state index is 0.128. The molecule has 30 heavy (non-hydrogen) atoms. The van der Waals surface area contributed by atoms with Gasteiger partial charge in [-0.25, -0.2) is 4.39 Å². The molecule has 5 rings (SSSR count). The number of carbonyl (C=O) groups excluding carboxylic acids is 1. The molecule has 2 atom stereocenters. The molecule has 3 heterocycles. The van der Waals surface area contributed by atoms with Crippen molar-refractivity contribution < 1.29 is 26.4 Å². The number of anilines is 1. The maximum atomic E-state index is 13.1. The van der Waals surface area contributed by atoms with Gasteiger partial charge in [0.15, 0.2) is 0 Å². The van der Waals surface area contributed by atoms with Crippen molar-refractivity contribution in [1.29, 1.82) is 0 Å². The number of fused-ring (bicyclic) bond motifs is 2. The molecule has 6 heteroatoms. The van der Waals surface area contributed by atoms with Crippen LogP contribution in [0.2, 0.25) is 0 Å². The van der Waals surface area contributed by atoms with Crippen LogP contribution in [0, 0.1) is 9.39 Å². The Balaban J connectivity index is 1.23. The first kappa shape index (κ1) is 21.1. The summed E-state index contributed by atoms with van der Waals surface area (Å²) in [6.07, 6.45) is 2.79. The van der Waals surface area contributed by atoms with E-state index in [1.54, 1.807) is 23.4 Å². The van der Waals surface area contributed by atoms with E-state index in [1.165, 1.54) is 42.6 Å². The molecule has 3 nitrogen and oxygen atoms in total. The summed E-state index contributed by atoms with van der Waals surface area (Å²) in [5, 5.41) is 0. The van der Waals surface area contributed by atoms with E-state index in [2.05, 4.69) is 35.0 Å². The Morgan fingerprint density at radius 1 is 1.20 bits per heavy atom. The molecule has 0 amide bonds. The van der Waals surface area contributed by atoms with Gasteiger partial charge in [-0.3, -0.25) is 0 Å². The summed E-state index contributed by atoms with van der Waals surface area (Å²) in [5.41, 5.74) is 3.86. The average Bonchev–Trinajstić information content (AvgIpc) is 2.77. The molecule has 3 aliphatic rings. The van der Waals surface area contributed by atoms with Crippen LogP contribution in [0.15, 0.2) is 42.5 Å². The molecular weight excluding hydrogens is 605 g/mol. The molecule has 1 fully saturated rings. The number of nitrogens with zero attached hydrogens (tertiary/aromatic N) is 2. The average molecular weight is 633 g/mol. The molecule has 1 saturated heterocycles. The SMILES string of the molecule is CN1CCI2[I-]C3CCN(CCCC(=O)c4ccc(F)cc4)C[C@H]3c3cccc1c32.